The van der Waals surface area contributed by atoms with Crippen molar-refractivity contribution < 1.29 is 23.6 Å². The largest absolute Gasteiger partial charge is 0.383 e. The van der Waals surface area contributed by atoms with Crippen molar-refractivity contribution in [3.8, 4) is 0 Å². The molecule has 0 bridgehead atoms. The molecule has 0 unspecified atom stereocenters. The van der Waals surface area contributed by atoms with E-state index in [1.54, 1.807) is 23.0 Å². The van der Waals surface area contributed by atoms with Gasteiger partial charge in [0.05, 0.1) is 18.8 Å². The fourth-order valence-corrected chi connectivity index (χ4v) is 3.45. The van der Waals surface area contributed by atoms with Gasteiger partial charge in [0.2, 0.25) is 5.91 Å². The van der Waals surface area contributed by atoms with E-state index in [4.69, 9.17) is 14.0 Å². The van der Waals surface area contributed by atoms with Gasteiger partial charge in [-0.2, -0.15) is 0 Å². The lowest BCUT2D eigenvalue weighted by Gasteiger charge is -2.46. The summed E-state index contributed by atoms with van der Waals surface area (Å²) in [4.78, 5) is 28.4. The minimum atomic E-state index is -0.158. The number of fused-ring (bicyclic) bond motifs is 1. The first-order valence-electron chi connectivity index (χ1n) is 8.79. The topological polar surface area (TPSA) is 85.1 Å². The van der Waals surface area contributed by atoms with Gasteiger partial charge in [-0.25, -0.2) is 0 Å². The molecule has 0 radical (unpaired) electrons. The molecule has 2 amide bonds. The zero-order valence-electron chi connectivity index (χ0n) is 14.8. The summed E-state index contributed by atoms with van der Waals surface area (Å²) in [5.74, 6) is 0.507. The molecule has 0 aliphatic carbocycles. The number of amides is 2. The summed E-state index contributed by atoms with van der Waals surface area (Å²) in [5, 5.41) is 3.90. The molecule has 8 heteroatoms. The van der Waals surface area contributed by atoms with E-state index in [9.17, 15) is 9.59 Å². The average molecular weight is 351 g/mol. The van der Waals surface area contributed by atoms with Crippen LogP contribution >= 0.6 is 0 Å². The molecule has 1 aromatic rings. The van der Waals surface area contributed by atoms with Crippen molar-refractivity contribution >= 4 is 11.8 Å². The second-order valence-corrected chi connectivity index (χ2v) is 6.47. The predicted octanol–water partition coefficient (Wildman–Crippen LogP) is 0.715. The quantitative estimate of drug-likeness (QED) is 0.751. The van der Waals surface area contributed by atoms with Crippen LogP contribution in [0.25, 0.3) is 0 Å². The van der Waals surface area contributed by atoms with Crippen molar-refractivity contribution in [2.24, 2.45) is 0 Å². The zero-order valence-corrected chi connectivity index (χ0v) is 14.8. The number of aromatic nitrogens is 1. The number of carbonyl (C=O) groups is 2. The highest BCUT2D eigenvalue weighted by atomic mass is 16.5. The molecule has 2 saturated heterocycles. The van der Waals surface area contributed by atoms with Gasteiger partial charge in [-0.05, 0) is 12.8 Å². The molecule has 2 aliphatic heterocycles. The van der Waals surface area contributed by atoms with Crippen LogP contribution in [0.1, 0.15) is 36.0 Å². The van der Waals surface area contributed by atoms with Gasteiger partial charge in [-0.3, -0.25) is 9.59 Å². The maximum atomic E-state index is 12.7. The molecule has 138 valence electrons. The van der Waals surface area contributed by atoms with Crippen molar-refractivity contribution in [1.82, 2.24) is 15.0 Å². The molecule has 2 atom stereocenters. The Morgan fingerprint density at radius 1 is 1.48 bits per heavy atom. The number of nitrogens with zero attached hydrogens (tertiary/aromatic N) is 3. The van der Waals surface area contributed by atoms with Crippen molar-refractivity contribution in [1.29, 1.82) is 0 Å². The van der Waals surface area contributed by atoms with Gasteiger partial charge in [-0.1, -0.05) is 12.1 Å². The normalized spacial score (nSPS) is 23.7. The average Bonchev–Trinajstić information content (AvgIpc) is 3.09. The van der Waals surface area contributed by atoms with Crippen molar-refractivity contribution in [2.45, 2.75) is 38.3 Å². The van der Waals surface area contributed by atoms with Gasteiger partial charge in [0, 0.05) is 39.2 Å². The van der Waals surface area contributed by atoms with Gasteiger partial charge in [0.1, 0.15) is 12.4 Å². The van der Waals surface area contributed by atoms with Crippen LogP contribution in [0.3, 0.4) is 0 Å². The van der Waals surface area contributed by atoms with E-state index in [1.807, 2.05) is 6.92 Å². The molecule has 2 fully saturated rings. The minimum absolute atomic E-state index is 0.0356. The zero-order chi connectivity index (χ0) is 17.8. The summed E-state index contributed by atoms with van der Waals surface area (Å²) in [7, 11) is 1.61. The fourth-order valence-electron chi connectivity index (χ4n) is 3.45. The van der Waals surface area contributed by atoms with E-state index in [0.717, 1.165) is 18.6 Å². The first-order chi connectivity index (χ1) is 12.1. The van der Waals surface area contributed by atoms with Crippen LogP contribution in [0.2, 0.25) is 0 Å². The Labute approximate surface area is 147 Å². The third kappa shape index (κ3) is 3.85. The summed E-state index contributed by atoms with van der Waals surface area (Å²) in [6, 6.07) is 1.57. The van der Waals surface area contributed by atoms with Crippen molar-refractivity contribution in [3.63, 3.8) is 0 Å². The summed E-state index contributed by atoms with van der Waals surface area (Å²) in [5.41, 5.74) is 0.327. The lowest BCUT2D eigenvalue weighted by atomic mass is 9.98. The SMILES string of the molecule is CCCc1cc(C(=O)N2CC[C@H]3OCC(=O)N(CCOC)[C@H]3C2)no1. The van der Waals surface area contributed by atoms with Crippen LogP contribution in [-0.4, -0.2) is 78.9 Å². The number of likely N-dealkylation sites (tertiary alicyclic amines) is 1. The molecule has 0 saturated carbocycles. The van der Waals surface area contributed by atoms with Crippen molar-refractivity contribution in [2.75, 3.05) is 40.0 Å². The second kappa shape index (κ2) is 7.97. The van der Waals surface area contributed by atoms with E-state index in [0.29, 0.717) is 38.4 Å². The van der Waals surface area contributed by atoms with Crippen LogP contribution in [0, 0.1) is 0 Å². The number of rotatable bonds is 6. The summed E-state index contributed by atoms with van der Waals surface area (Å²) >= 11 is 0. The van der Waals surface area contributed by atoms with Gasteiger partial charge < -0.3 is 23.8 Å². The fraction of sp³-hybridized carbons (Fsp3) is 0.706. The van der Waals surface area contributed by atoms with Crippen molar-refractivity contribution in [3.05, 3.63) is 17.5 Å². The van der Waals surface area contributed by atoms with E-state index in [1.165, 1.54) is 0 Å². The second-order valence-electron chi connectivity index (χ2n) is 6.47. The molecule has 0 spiro atoms. The highest BCUT2D eigenvalue weighted by Gasteiger charge is 2.41. The Kier molecular flexibility index (Phi) is 5.70. The molecular formula is C17H25N3O5. The van der Waals surface area contributed by atoms with Gasteiger partial charge in [0.25, 0.3) is 5.91 Å². The van der Waals surface area contributed by atoms with E-state index in [2.05, 4.69) is 5.16 Å². The minimum Gasteiger partial charge on any atom is -0.383 e. The van der Waals surface area contributed by atoms with E-state index in [-0.39, 0.29) is 30.6 Å². The number of methoxy groups -OCH3 is 1. The van der Waals surface area contributed by atoms with E-state index >= 15 is 0 Å². The molecule has 0 N–H and O–H groups in total. The summed E-state index contributed by atoms with van der Waals surface area (Å²) in [6.45, 7) is 4.14. The smallest absolute Gasteiger partial charge is 0.276 e. The number of hydrogen-bond donors (Lipinski definition) is 0. The highest BCUT2D eigenvalue weighted by Crippen LogP contribution is 2.24. The summed E-state index contributed by atoms with van der Waals surface area (Å²) in [6.07, 6.45) is 2.36. The molecule has 2 aliphatic rings. The Morgan fingerprint density at radius 3 is 3.08 bits per heavy atom. The van der Waals surface area contributed by atoms with Gasteiger partial charge in [-0.15, -0.1) is 0 Å². The maximum absolute atomic E-state index is 12.7. The number of aryl methyl sites for hydroxylation is 1. The number of morpholine rings is 1. The monoisotopic (exact) mass is 351 g/mol. The number of carbonyl (C=O) groups excluding carboxylic acids is 2. The molecule has 25 heavy (non-hydrogen) atoms. The van der Waals surface area contributed by atoms with Crippen LogP contribution < -0.4 is 0 Å². The summed E-state index contributed by atoms with van der Waals surface area (Å²) < 4.78 is 16.0. The lowest BCUT2D eigenvalue weighted by Crippen LogP contribution is -2.63. The highest BCUT2D eigenvalue weighted by molar-refractivity contribution is 5.92. The third-order valence-corrected chi connectivity index (χ3v) is 4.76. The molecule has 3 rings (SSSR count). The molecular weight excluding hydrogens is 326 g/mol. The molecule has 0 aromatic carbocycles. The Morgan fingerprint density at radius 2 is 2.32 bits per heavy atom. The predicted molar refractivity (Wildman–Crippen MR) is 88.1 cm³/mol. The maximum Gasteiger partial charge on any atom is 0.276 e. The number of hydrogen-bond acceptors (Lipinski definition) is 6. The van der Waals surface area contributed by atoms with Crippen LogP contribution in [0.5, 0.6) is 0 Å². The number of ether oxygens (including phenoxy) is 2. The van der Waals surface area contributed by atoms with E-state index < -0.39 is 0 Å². The van der Waals surface area contributed by atoms with Crippen LogP contribution in [0.15, 0.2) is 10.6 Å². The van der Waals surface area contributed by atoms with Gasteiger partial charge in [0.15, 0.2) is 5.69 Å². The first-order valence-corrected chi connectivity index (χ1v) is 8.79. The van der Waals surface area contributed by atoms with Crippen LogP contribution in [-0.2, 0) is 20.7 Å². The third-order valence-electron chi connectivity index (χ3n) is 4.76. The lowest BCUT2D eigenvalue weighted by molar-refractivity contribution is -0.163. The van der Waals surface area contributed by atoms with Crippen LogP contribution in [0.4, 0.5) is 0 Å². The Balaban J connectivity index is 1.69. The molecule has 8 nitrogen and oxygen atoms in total. The standard InChI is InChI=1S/C17H25N3O5/c1-3-4-12-9-13(18-25-12)17(22)19-6-5-15-14(10-19)20(7-8-23-2)16(21)11-24-15/h9,14-15H,3-8,10-11H2,1-2H3/t14-,15+/m0/s1. The molecule has 3 heterocycles. The number of piperidine rings is 1. The Hall–Kier alpha value is -1.93. The first kappa shape index (κ1) is 17.9. The Bertz CT molecular complexity index is 617. The molecule has 1 aromatic heterocycles. The van der Waals surface area contributed by atoms with Gasteiger partial charge >= 0.3 is 0 Å².